The molecule has 0 aliphatic rings. The lowest BCUT2D eigenvalue weighted by Crippen LogP contribution is -2.16. The first-order valence-electron chi connectivity index (χ1n) is 4.80. The summed E-state index contributed by atoms with van der Waals surface area (Å²) in [6.07, 6.45) is 1.26. The van der Waals surface area contributed by atoms with Gasteiger partial charge in [-0.25, -0.2) is 4.79 Å². The number of hydrogen-bond acceptors (Lipinski definition) is 5. The van der Waals surface area contributed by atoms with Crippen LogP contribution in [0.5, 0.6) is 0 Å². The monoisotopic (exact) mass is 234 g/mol. The molecule has 0 aromatic heterocycles. The van der Waals surface area contributed by atoms with Gasteiger partial charge < -0.3 is 14.2 Å². The highest BCUT2D eigenvalue weighted by molar-refractivity contribution is 7.80. The molecule has 5 heteroatoms. The molecule has 0 rings (SSSR count). The number of rotatable bonds is 9. The van der Waals surface area contributed by atoms with Gasteiger partial charge in [-0.1, -0.05) is 6.58 Å². The van der Waals surface area contributed by atoms with Gasteiger partial charge in [0, 0.05) is 11.8 Å². The van der Waals surface area contributed by atoms with E-state index in [0.29, 0.717) is 25.6 Å². The quantitative estimate of drug-likeness (QED) is 0.280. The van der Waals surface area contributed by atoms with Crippen molar-refractivity contribution in [3.63, 3.8) is 0 Å². The van der Waals surface area contributed by atoms with E-state index in [0.717, 1.165) is 6.08 Å². The Labute approximate surface area is 96.0 Å². The van der Waals surface area contributed by atoms with Gasteiger partial charge in [0.15, 0.2) is 0 Å². The maximum Gasteiger partial charge on any atom is 0.330 e. The zero-order chi connectivity index (χ0) is 11.5. The minimum absolute atomic E-state index is 0.135. The number of carbonyl (C=O) groups excluding carboxylic acids is 1. The summed E-state index contributed by atoms with van der Waals surface area (Å²) in [5.41, 5.74) is 0. The molecule has 0 spiro atoms. The van der Waals surface area contributed by atoms with Crippen molar-refractivity contribution in [2.45, 2.75) is 13.0 Å². The smallest absolute Gasteiger partial charge is 0.330 e. The van der Waals surface area contributed by atoms with E-state index in [1.807, 2.05) is 6.92 Å². The number of ether oxygens (including phenoxy) is 3. The van der Waals surface area contributed by atoms with Crippen LogP contribution in [0.4, 0.5) is 0 Å². The van der Waals surface area contributed by atoms with Crippen LogP contribution in [0.2, 0.25) is 0 Å². The van der Waals surface area contributed by atoms with Gasteiger partial charge in [0.05, 0.1) is 25.9 Å². The lowest BCUT2D eigenvalue weighted by Gasteiger charge is -2.10. The molecule has 1 unspecified atom stereocenters. The molecule has 0 bridgehead atoms. The lowest BCUT2D eigenvalue weighted by atomic mass is 10.5. The highest BCUT2D eigenvalue weighted by Crippen LogP contribution is 1.92. The number of hydrogen-bond donors (Lipinski definition) is 1. The summed E-state index contributed by atoms with van der Waals surface area (Å²) in [5, 5.41) is 0. The van der Waals surface area contributed by atoms with Gasteiger partial charge in [-0.3, -0.25) is 0 Å². The summed E-state index contributed by atoms with van der Waals surface area (Å²) in [4.78, 5) is 10.6. The molecule has 4 nitrogen and oxygen atoms in total. The van der Waals surface area contributed by atoms with Crippen molar-refractivity contribution in [2.24, 2.45) is 0 Å². The molecule has 0 amide bonds. The summed E-state index contributed by atoms with van der Waals surface area (Å²) in [5.74, 6) is 0.260. The van der Waals surface area contributed by atoms with Gasteiger partial charge in [-0.05, 0) is 6.92 Å². The second kappa shape index (κ2) is 10.0. The van der Waals surface area contributed by atoms with Crippen LogP contribution in [0.3, 0.4) is 0 Å². The minimum atomic E-state index is -0.432. The Balaban J connectivity index is 3.11. The fourth-order valence-corrected chi connectivity index (χ4v) is 0.829. The Morgan fingerprint density at radius 3 is 2.67 bits per heavy atom. The van der Waals surface area contributed by atoms with Crippen LogP contribution in [0.25, 0.3) is 0 Å². The first kappa shape index (κ1) is 14.5. The van der Waals surface area contributed by atoms with E-state index in [1.54, 1.807) is 0 Å². The average Bonchev–Trinajstić information content (AvgIpc) is 2.26. The topological polar surface area (TPSA) is 44.8 Å². The van der Waals surface area contributed by atoms with Crippen LogP contribution < -0.4 is 0 Å². The van der Waals surface area contributed by atoms with Crippen LogP contribution >= 0.6 is 12.6 Å². The molecule has 0 saturated heterocycles. The van der Waals surface area contributed by atoms with E-state index in [4.69, 9.17) is 14.2 Å². The third kappa shape index (κ3) is 9.78. The number of esters is 1. The molecule has 0 radical (unpaired) electrons. The first-order chi connectivity index (χ1) is 7.20. The van der Waals surface area contributed by atoms with Crippen molar-refractivity contribution in [3.8, 4) is 0 Å². The number of carbonyl (C=O) groups is 1. The van der Waals surface area contributed by atoms with Crippen molar-refractivity contribution < 1.29 is 19.0 Å². The second-order valence-electron chi connectivity index (χ2n) is 2.85. The third-order valence-electron chi connectivity index (χ3n) is 1.53. The van der Waals surface area contributed by atoms with Gasteiger partial charge in [0.2, 0.25) is 0 Å². The van der Waals surface area contributed by atoms with Crippen LogP contribution in [0.15, 0.2) is 12.7 Å². The fraction of sp³-hybridized carbons (Fsp3) is 0.700. The highest BCUT2D eigenvalue weighted by atomic mass is 32.1. The Morgan fingerprint density at radius 2 is 2.07 bits per heavy atom. The molecule has 88 valence electrons. The van der Waals surface area contributed by atoms with Gasteiger partial charge in [0.1, 0.15) is 6.61 Å². The van der Waals surface area contributed by atoms with Crippen LogP contribution in [-0.4, -0.2) is 44.3 Å². The molecule has 0 aliphatic heterocycles. The molecular formula is C10H18O4S. The molecule has 0 N–H and O–H groups in total. The van der Waals surface area contributed by atoms with Gasteiger partial charge in [0.25, 0.3) is 0 Å². The minimum Gasteiger partial charge on any atom is -0.460 e. The fourth-order valence-electron chi connectivity index (χ4n) is 0.723. The normalized spacial score (nSPS) is 12.1. The van der Waals surface area contributed by atoms with Gasteiger partial charge in [-0.15, -0.1) is 0 Å². The summed E-state index contributed by atoms with van der Waals surface area (Å²) < 4.78 is 15.2. The number of thiol groups is 1. The molecule has 0 heterocycles. The van der Waals surface area contributed by atoms with Crippen molar-refractivity contribution in [3.05, 3.63) is 12.7 Å². The standard InChI is InChI=1S/C10H18O4S/c1-3-10(11)14-7-5-12-4-6-13-9(2)8-15/h3,9,15H,1,4-8H2,2H3. The zero-order valence-electron chi connectivity index (χ0n) is 8.98. The molecule has 0 aliphatic carbocycles. The maximum absolute atomic E-state index is 10.6. The Bertz CT molecular complexity index is 184. The van der Waals surface area contributed by atoms with Gasteiger partial charge >= 0.3 is 5.97 Å². The molecule has 1 atom stereocenters. The van der Waals surface area contributed by atoms with E-state index in [2.05, 4.69) is 19.2 Å². The SMILES string of the molecule is C=CC(=O)OCCOCCOC(C)CS. The molecular weight excluding hydrogens is 216 g/mol. The summed E-state index contributed by atoms with van der Waals surface area (Å²) in [6.45, 7) is 6.85. The van der Waals surface area contributed by atoms with E-state index in [-0.39, 0.29) is 12.7 Å². The van der Waals surface area contributed by atoms with Crippen LogP contribution in [-0.2, 0) is 19.0 Å². The van der Waals surface area contributed by atoms with Crippen molar-refractivity contribution in [2.75, 3.05) is 32.2 Å². The molecule has 0 aromatic rings. The Morgan fingerprint density at radius 1 is 1.40 bits per heavy atom. The van der Waals surface area contributed by atoms with Crippen LogP contribution in [0.1, 0.15) is 6.92 Å². The zero-order valence-corrected chi connectivity index (χ0v) is 9.87. The average molecular weight is 234 g/mol. The summed E-state index contributed by atoms with van der Waals surface area (Å²) in [6, 6.07) is 0. The van der Waals surface area contributed by atoms with E-state index in [1.165, 1.54) is 0 Å². The highest BCUT2D eigenvalue weighted by Gasteiger charge is 1.98. The third-order valence-corrected chi connectivity index (χ3v) is 2.04. The van der Waals surface area contributed by atoms with E-state index >= 15 is 0 Å². The van der Waals surface area contributed by atoms with E-state index < -0.39 is 5.97 Å². The maximum atomic E-state index is 10.6. The van der Waals surface area contributed by atoms with Crippen LogP contribution in [0, 0.1) is 0 Å². The lowest BCUT2D eigenvalue weighted by molar-refractivity contribution is -0.139. The molecule has 0 fully saturated rings. The molecule has 15 heavy (non-hydrogen) atoms. The van der Waals surface area contributed by atoms with Crippen molar-refractivity contribution in [1.82, 2.24) is 0 Å². The molecule has 0 saturated carbocycles. The Hall–Kier alpha value is -0.520. The predicted octanol–water partition coefficient (Wildman–Crippen LogP) is 1.07. The first-order valence-corrected chi connectivity index (χ1v) is 5.43. The predicted molar refractivity (Wildman–Crippen MR) is 61.2 cm³/mol. The van der Waals surface area contributed by atoms with Crippen molar-refractivity contribution in [1.29, 1.82) is 0 Å². The van der Waals surface area contributed by atoms with E-state index in [9.17, 15) is 4.79 Å². The second-order valence-corrected chi connectivity index (χ2v) is 3.21. The Kier molecular flexibility index (Phi) is 9.67. The van der Waals surface area contributed by atoms with Gasteiger partial charge in [-0.2, -0.15) is 12.6 Å². The van der Waals surface area contributed by atoms with Crippen molar-refractivity contribution >= 4 is 18.6 Å². The largest absolute Gasteiger partial charge is 0.460 e. The summed E-state index contributed by atoms with van der Waals surface area (Å²) in [7, 11) is 0. The molecule has 0 aromatic carbocycles. The summed E-state index contributed by atoms with van der Waals surface area (Å²) >= 11 is 4.07.